The van der Waals surface area contributed by atoms with Gasteiger partial charge >= 0.3 is 0 Å². The molecule has 5 heteroatoms. The van der Waals surface area contributed by atoms with E-state index in [1.165, 1.54) is 5.57 Å². The maximum atomic E-state index is 11.4. The molecule has 0 spiro atoms. The highest BCUT2D eigenvalue weighted by Crippen LogP contribution is 2.28. The standard InChI is InChI=1S/C15H19BrN2O2/c1-18(2)15(19)5-6-17-9-11-7-12-8-13(16)3-4-14(12)20-10-11/h3-4,7-8,17H,5-6,9-10H2,1-2H3. The van der Waals surface area contributed by atoms with Crippen molar-refractivity contribution in [2.75, 3.05) is 33.8 Å². The lowest BCUT2D eigenvalue weighted by molar-refractivity contribution is -0.128. The molecule has 0 atom stereocenters. The van der Waals surface area contributed by atoms with Crippen molar-refractivity contribution in [3.05, 3.63) is 33.8 Å². The van der Waals surface area contributed by atoms with Gasteiger partial charge in [0.05, 0.1) is 0 Å². The smallest absolute Gasteiger partial charge is 0.223 e. The van der Waals surface area contributed by atoms with Gasteiger partial charge in [0.15, 0.2) is 0 Å². The number of carbonyl (C=O) groups excluding carboxylic acids is 1. The number of hydrogen-bond donors (Lipinski definition) is 1. The van der Waals surface area contributed by atoms with Crippen LogP contribution < -0.4 is 10.1 Å². The molecule has 0 saturated carbocycles. The lowest BCUT2D eigenvalue weighted by Crippen LogP contribution is -2.28. The molecule has 0 unspecified atom stereocenters. The number of nitrogens with one attached hydrogen (secondary N) is 1. The Bertz CT molecular complexity index is 527. The van der Waals surface area contributed by atoms with Gasteiger partial charge in [-0.25, -0.2) is 0 Å². The molecule has 0 fully saturated rings. The van der Waals surface area contributed by atoms with Gasteiger partial charge in [-0.05, 0) is 29.8 Å². The predicted molar refractivity (Wildman–Crippen MR) is 83.8 cm³/mol. The highest BCUT2D eigenvalue weighted by atomic mass is 79.9. The summed E-state index contributed by atoms with van der Waals surface area (Å²) in [6.07, 6.45) is 2.66. The second kappa shape index (κ2) is 6.90. The van der Waals surface area contributed by atoms with E-state index in [2.05, 4.69) is 27.3 Å². The van der Waals surface area contributed by atoms with E-state index >= 15 is 0 Å². The summed E-state index contributed by atoms with van der Waals surface area (Å²) >= 11 is 3.46. The molecule has 1 amide bonds. The van der Waals surface area contributed by atoms with Crippen LogP contribution in [-0.4, -0.2) is 44.6 Å². The van der Waals surface area contributed by atoms with Gasteiger partial charge in [0, 0.05) is 43.6 Å². The second-order valence-electron chi connectivity index (χ2n) is 4.99. The van der Waals surface area contributed by atoms with Crippen LogP contribution in [0.15, 0.2) is 28.2 Å². The molecule has 1 N–H and O–H groups in total. The number of amides is 1. The Hall–Kier alpha value is -1.33. The van der Waals surface area contributed by atoms with Gasteiger partial charge in [-0.15, -0.1) is 0 Å². The average Bonchev–Trinajstić information content (AvgIpc) is 2.42. The first-order chi connectivity index (χ1) is 9.56. The van der Waals surface area contributed by atoms with E-state index in [0.29, 0.717) is 19.6 Å². The molecule has 4 nitrogen and oxygen atoms in total. The molecule has 0 saturated heterocycles. The summed E-state index contributed by atoms with van der Waals surface area (Å²) in [4.78, 5) is 13.0. The highest BCUT2D eigenvalue weighted by Gasteiger charge is 2.11. The number of fused-ring (bicyclic) bond motifs is 1. The number of halogens is 1. The third kappa shape index (κ3) is 4.08. The molecule has 0 bridgehead atoms. The number of rotatable bonds is 5. The Morgan fingerprint density at radius 3 is 3.00 bits per heavy atom. The van der Waals surface area contributed by atoms with Crippen molar-refractivity contribution in [2.24, 2.45) is 0 Å². The quantitative estimate of drug-likeness (QED) is 0.837. The van der Waals surface area contributed by atoms with E-state index in [9.17, 15) is 4.79 Å². The van der Waals surface area contributed by atoms with Crippen LogP contribution in [0.2, 0.25) is 0 Å². The third-order valence-corrected chi connectivity index (χ3v) is 3.60. The van der Waals surface area contributed by atoms with Crippen molar-refractivity contribution in [3.63, 3.8) is 0 Å². The zero-order chi connectivity index (χ0) is 14.5. The van der Waals surface area contributed by atoms with Crippen LogP contribution in [0.25, 0.3) is 6.08 Å². The van der Waals surface area contributed by atoms with Crippen molar-refractivity contribution in [1.29, 1.82) is 0 Å². The van der Waals surface area contributed by atoms with Crippen LogP contribution in [0.5, 0.6) is 5.75 Å². The Morgan fingerprint density at radius 2 is 2.25 bits per heavy atom. The summed E-state index contributed by atoms with van der Waals surface area (Å²) in [5, 5.41) is 3.28. The molecular weight excluding hydrogens is 320 g/mol. The van der Waals surface area contributed by atoms with Gasteiger partial charge in [-0.3, -0.25) is 4.79 Å². The minimum absolute atomic E-state index is 0.139. The normalized spacial score (nSPS) is 13.2. The zero-order valence-electron chi connectivity index (χ0n) is 11.8. The lowest BCUT2D eigenvalue weighted by Gasteiger charge is -2.18. The Morgan fingerprint density at radius 1 is 1.45 bits per heavy atom. The van der Waals surface area contributed by atoms with Gasteiger partial charge in [-0.1, -0.05) is 15.9 Å². The first kappa shape index (κ1) is 15.1. The molecule has 1 aromatic rings. The number of carbonyl (C=O) groups is 1. The van der Waals surface area contributed by atoms with Gasteiger partial charge in [0.25, 0.3) is 0 Å². The van der Waals surface area contributed by atoms with Crippen LogP contribution >= 0.6 is 15.9 Å². The van der Waals surface area contributed by atoms with E-state index in [-0.39, 0.29) is 5.91 Å². The minimum Gasteiger partial charge on any atom is -0.489 e. The fraction of sp³-hybridized carbons (Fsp3) is 0.400. The number of hydrogen-bond acceptors (Lipinski definition) is 3. The van der Waals surface area contributed by atoms with E-state index in [0.717, 1.165) is 22.3 Å². The molecule has 20 heavy (non-hydrogen) atoms. The zero-order valence-corrected chi connectivity index (χ0v) is 13.4. The third-order valence-electron chi connectivity index (χ3n) is 3.11. The maximum absolute atomic E-state index is 11.4. The molecular formula is C15H19BrN2O2. The molecule has 1 aliphatic heterocycles. The van der Waals surface area contributed by atoms with Gasteiger partial charge < -0.3 is 15.0 Å². The molecule has 1 aliphatic rings. The first-order valence-electron chi connectivity index (χ1n) is 6.59. The highest BCUT2D eigenvalue weighted by molar-refractivity contribution is 9.10. The van der Waals surface area contributed by atoms with E-state index in [1.807, 2.05) is 18.2 Å². The molecule has 108 valence electrons. The van der Waals surface area contributed by atoms with Gasteiger partial charge in [0.1, 0.15) is 12.4 Å². The summed E-state index contributed by atoms with van der Waals surface area (Å²) in [5.74, 6) is 1.06. The fourth-order valence-corrected chi connectivity index (χ4v) is 2.34. The molecule has 0 aromatic heterocycles. The van der Waals surface area contributed by atoms with Gasteiger partial charge in [0.2, 0.25) is 5.91 Å². The van der Waals surface area contributed by atoms with Crippen molar-refractivity contribution in [1.82, 2.24) is 10.2 Å². The Labute approximate surface area is 127 Å². The van der Waals surface area contributed by atoms with Crippen LogP contribution in [-0.2, 0) is 4.79 Å². The first-order valence-corrected chi connectivity index (χ1v) is 7.38. The monoisotopic (exact) mass is 338 g/mol. The molecule has 0 radical (unpaired) electrons. The fourth-order valence-electron chi connectivity index (χ4n) is 1.97. The SMILES string of the molecule is CN(C)C(=O)CCNCC1=Cc2cc(Br)ccc2OC1. The van der Waals surface area contributed by atoms with Crippen molar-refractivity contribution in [3.8, 4) is 5.75 Å². The summed E-state index contributed by atoms with van der Waals surface area (Å²) in [7, 11) is 3.54. The van der Waals surface area contributed by atoms with Crippen LogP contribution in [0.4, 0.5) is 0 Å². The molecule has 1 heterocycles. The number of ether oxygens (including phenoxy) is 1. The lowest BCUT2D eigenvalue weighted by atomic mass is 10.1. The average molecular weight is 339 g/mol. The van der Waals surface area contributed by atoms with Crippen LogP contribution in [0.1, 0.15) is 12.0 Å². The predicted octanol–water partition coefficient (Wildman–Crippen LogP) is 2.29. The number of benzene rings is 1. The van der Waals surface area contributed by atoms with E-state index in [4.69, 9.17) is 4.74 Å². The van der Waals surface area contributed by atoms with Gasteiger partial charge in [-0.2, -0.15) is 0 Å². The van der Waals surface area contributed by atoms with Crippen molar-refractivity contribution >= 4 is 27.9 Å². The summed E-state index contributed by atoms with van der Waals surface area (Å²) in [5.41, 5.74) is 2.28. The number of nitrogens with zero attached hydrogens (tertiary/aromatic N) is 1. The second-order valence-corrected chi connectivity index (χ2v) is 5.90. The Kier molecular flexibility index (Phi) is 5.20. The molecule has 2 rings (SSSR count). The molecule has 0 aliphatic carbocycles. The van der Waals surface area contributed by atoms with Crippen LogP contribution in [0.3, 0.4) is 0 Å². The minimum atomic E-state index is 0.139. The summed E-state index contributed by atoms with van der Waals surface area (Å²) in [6, 6.07) is 5.99. The molecule has 1 aromatic carbocycles. The largest absolute Gasteiger partial charge is 0.489 e. The van der Waals surface area contributed by atoms with Crippen molar-refractivity contribution < 1.29 is 9.53 Å². The summed E-state index contributed by atoms with van der Waals surface area (Å²) < 4.78 is 6.75. The van der Waals surface area contributed by atoms with E-state index < -0.39 is 0 Å². The van der Waals surface area contributed by atoms with Crippen molar-refractivity contribution in [2.45, 2.75) is 6.42 Å². The topological polar surface area (TPSA) is 41.6 Å². The van der Waals surface area contributed by atoms with E-state index in [1.54, 1.807) is 19.0 Å². The summed E-state index contributed by atoms with van der Waals surface area (Å²) in [6.45, 7) is 2.02. The maximum Gasteiger partial charge on any atom is 0.223 e. The van der Waals surface area contributed by atoms with Crippen LogP contribution in [0, 0.1) is 0 Å². The Balaban J connectivity index is 1.84.